The SMILES string of the molecule is CCN(C[C@H]1CC[C@H](OCc2cccc(-c3ccccc3)c2)C1)C(=O)n1ccc(C(=O)O)n1. The Morgan fingerprint density at radius 2 is 1.88 bits per heavy atom. The van der Waals surface area contributed by atoms with E-state index in [1.165, 1.54) is 23.4 Å². The van der Waals surface area contributed by atoms with Crippen LogP contribution in [0.1, 0.15) is 42.2 Å². The molecular weight excluding hydrogens is 418 g/mol. The van der Waals surface area contributed by atoms with E-state index in [1.807, 2.05) is 25.1 Å². The average molecular weight is 448 g/mol. The van der Waals surface area contributed by atoms with Gasteiger partial charge in [-0.25, -0.2) is 9.59 Å². The smallest absolute Gasteiger partial charge is 0.356 e. The zero-order valence-electron chi connectivity index (χ0n) is 18.8. The van der Waals surface area contributed by atoms with Crippen LogP contribution in [-0.2, 0) is 11.3 Å². The van der Waals surface area contributed by atoms with Gasteiger partial charge < -0.3 is 14.7 Å². The van der Waals surface area contributed by atoms with Crippen LogP contribution in [-0.4, -0.2) is 51.0 Å². The summed E-state index contributed by atoms with van der Waals surface area (Å²) < 4.78 is 7.32. The molecule has 1 saturated carbocycles. The van der Waals surface area contributed by atoms with Crippen LogP contribution in [0.5, 0.6) is 0 Å². The van der Waals surface area contributed by atoms with E-state index < -0.39 is 5.97 Å². The van der Waals surface area contributed by atoms with Gasteiger partial charge in [0.2, 0.25) is 0 Å². The second-order valence-electron chi connectivity index (χ2n) is 8.45. The van der Waals surface area contributed by atoms with Crippen LogP contribution < -0.4 is 0 Å². The number of ether oxygens (including phenoxy) is 1. The highest BCUT2D eigenvalue weighted by Gasteiger charge is 2.28. The van der Waals surface area contributed by atoms with Gasteiger partial charge in [0, 0.05) is 19.3 Å². The molecule has 172 valence electrons. The van der Waals surface area contributed by atoms with Gasteiger partial charge in [-0.15, -0.1) is 0 Å². The van der Waals surface area contributed by atoms with Crippen molar-refractivity contribution in [3.63, 3.8) is 0 Å². The lowest BCUT2D eigenvalue weighted by Gasteiger charge is -2.24. The summed E-state index contributed by atoms with van der Waals surface area (Å²) in [6.07, 6.45) is 4.45. The Balaban J connectivity index is 1.29. The van der Waals surface area contributed by atoms with Gasteiger partial charge in [-0.2, -0.15) is 9.78 Å². The van der Waals surface area contributed by atoms with Crippen molar-refractivity contribution in [1.82, 2.24) is 14.7 Å². The lowest BCUT2D eigenvalue weighted by molar-refractivity contribution is 0.0420. The van der Waals surface area contributed by atoms with Gasteiger partial charge in [0.15, 0.2) is 5.69 Å². The highest BCUT2D eigenvalue weighted by atomic mass is 16.5. The Hall–Kier alpha value is -3.45. The van der Waals surface area contributed by atoms with Crippen molar-refractivity contribution in [1.29, 1.82) is 0 Å². The maximum Gasteiger partial charge on any atom is 0.356 e. The van der Waals surface area contributed by atoms with E-state index >= 15 is 0 Å². The van der Waals surface area contributed by atoms with E-state index in [2.05, 4.69) is 41.5 Å². The van der Waals surface area contributed by atoms with E-state index in [0.717, 1.165) is 29.5 Å². The van der Waals surface area contributed by atoms with Crippen molar-refractivity contribution in [2.24, 2.45) is 5.92 Å². The Morgan fingerprint density at radius 3 is 2.61 bits per heavy atom. The maximum absolute atomic E-state index is 12.7. The van der Waals surface area contributed by atoms with Crippen LogP contribution in [0.25, 0.3) is 11.1 Å². The molecule has 1 N–H and O–H groups in total. The summed E-state index contributed by atoms with van der Waals surface area (Å²) in [4.78, 5) is 25.5. The molecule has 0 spiro atoms. The number of aromatic carboxylic acids is 1. The minimum Gasteiger partial charge on any atom is -0.476 e. The van der Waals surface area contributed by atoms with Gasteiger partial charge in [0.05, 0.1) is 12.7 Å². The standard InChI is InChI=1S/C26H29N3O4/c1-2-28(26(32)29-14-13-24(27-29)25(30)31)17-19-11-12-23(16-19)33-18-20-7-6-10-22(15-20)21-8-4-3-5-9-21/h3-10,13-15,19,23H,2,11-12,16-18H2,1H3,(H,30,31)/t19-,23-/m0/s1. The summed E-state index contributed by atoms with van der Waals surface area (Å²) in [7, 11) is 0. The van der Waals surface area contributed by atoms with Crippen molar-refractivity contribution in [2.45, 2.75) is 38.9 Å². The quantitative estimate of drug-likeness (QED) is 0.530. The average Bonchev–Trinajstić information content (AvgIpc) is 3.52. The van der Waals surface area contributed by atoms with E-state index in [1.54, 1.807) is 4.90 Å². The molecule has 33 heavy (non-hydrogen) atoms. The third kappa shape index (κ3) is 5.68. The molecule has 0 bridgehead atoms. The predicted molar refractivity (Wildman–Crippen MR) is 125 cm³/mol. The third-order valence-electron chi connectivity index (χ3n) is 6.15. The molecular formula is C26H29N3O4. The fourth-order valence-electron chi connectivity index (χ4n) is 4.38. The topological polar surface area (TPSA) is 84.7 Å². The van der Waals surface area contributed by atoms with E-state index in [4.69, 9.17) is 9.84 Å². The Morgan fingerprint density at radius 1 is 1.09 bits per heavy atom. The summed E-state index contributed by atoms with van der Waals surface area (Å²) in [5, 5.41) is 12.9. The number of carbonyl (C=O) groups is 2. The fraction of sp³-hybridized carbons (Fsp3) is 0.346. The molecule has 4 rings (SSSR count). The first-order chi connectivity index (χ1) is 16.0. The summed E-state index contributed by atoms with van der Waals surface area (Å²) >= 11 is 0. The van der Waals surface area contributed by atoms with Crippen molar-refractivity contribution in [3.8, 4) is 11.1 Å². The molecule has 7 nitrogen and oxygen atoms in total. The van der Waals surface area contributed by atoms with Crippen LogP contribution in [0.4, 0.5) is 4.79 Å². The van der Waals surface area contributed by atoms with Crippen molar-refractivity contribution in [2.75, 3.05) is 13.1 Å². The maximum atomic E-state index is 12.7. The number of benzene rings is 2. The molecule has 0 unspecified atom stereocenters. The Bertz CT molecular complexity index is 1100. The Labute approximate surface area is 193 Å². The highest BCUT2D eigenvalue weighted by Crippen LogP contribution is 2.30. The first-order valence-corrected chi connectivity index (χ1v) is 11.4. The van der Waals surface area contributed by atoms with E-state index in [-0.39, 0.29) is 17.8 Å². The van der Waals surface area contributed by atoms with E-state index in [0.29, 0.717) is 25.6 Å². The minimum absolute atomic E-state index is 0.134. The molecule has 1 heterocycles. The number of nitrogens with zero attached hydrogens (tertiary/aromatic N) is 3. The van der Waals surface area contributed by atoms with Crippen LogP contribution >= 0.6 is 0 Å². The third-order valence-corrected chi connectivity index (χ3v) is 6.15. The zero-order valence-corrected chi connectivity index (χ0v) is 18.8. The normalized spacial score (nSPS) is 17.7. The van der Waals surface area contributed by atoms with Crippen molar-refractivity contribution in [3.05, 3.63) is 78.1 Å². The molecule has 0 radical (unpaired) electrons. The zero-order chi connectivity index (χ0) is 23.2. The van der Waals surface area contributed by atoms with Crippen molar-refractivity contribution >= 4 is 12.0 Å². The molecule has 1 amide bonds. The second-order valence-corrected chi connectivity index (χ2v) is 8.45. The van der Waals surface area contributed by atoms with Crippen molar-refractivity contribution < 1.29 is 19.4 Å². The summed E-state index contributed by atoms with van der Waals surface area (Å²) in [5.41, 5.74) is 3.39. The molecule has 3 aromatic rings. The number of carbonyl (C=O) groups excluding carboxylic acids is 1. The van der Waals surface area contributed by atoms with Gasteiger partial charge >= 0.3 is 12.0 Å². The molecule has 2 atom stereocenters. The lowest BCUT2D eigenvalue weighted by Crippen LogP contribution is -2.38. The minimum atomic E-state index is -1.14. The highest BCUT2D eigenvalue weighted by molar-refractivity contribution is 5.86. The van der Waals surface area contributed by atoms with Gasteiger partial charge in [0.1, 0.15) is 0 Å². The summed E-state index contributed by atoms with van der Waals surface area (Å²) in [6.45, 7) is 3.64. The number of aromatic nitrogens is 2. The van der Waals surface area contributed by atoms with E-state index in [9.17, 15) is 9.59 Å². The predicted octanol–water partition coefficient (Wildman–Crippen LogP) is 4.92. The summed E-state index contributed by atoms with van der Waals surface area (Å²) in [6, 6.07) is 19.8. The number of carboxylic acid groups (broad SMARTS) is 1. The second kappa shape index (κ2) is 10.4. The molecule has 1 aliphatic carbocycles. The molecule has 0 saturated heterocycles. The monoisotopic (exact) mass is 447 g/mol. The van der Waals surface area contributed by atoms with Gasteiger partial charge in [-0.05, 0) is 60.9 Å². The van der Waals surface area contributed by atoms with Gasteiger partial charge in [-0.3, -0.25) is 0 Å². The number of carboxylic acids is 1. The van der Waals surface area contributed by atoms with Gasteiger partial charge in [-0.1, -0.05) is 48.5 Å². The molecule has 0 aliphatic heterocycles. The van der Waals surface area contributed by atoms with Crippen LogP contribution in [0.3, 0.4) is 0 Å². The lowest BCUT2D eigenvalue weighted by atomic mass is 10.0. The molecule has 1 fully saturated rings. The Kier molecular flexibility index (Phi) is 7.19. The number of hydrogen-bond donors (Lipinski definition) is 1. The molecule has 7 heteroatoms. The largest absolute Gasteiger partial charge is 0.476 e. The molecule has 2 aromatic carbocycles. The van der Waals surface area contributed by atoms with Gasteiger partial charge in [0.25, 0.3) is 0 Å². The summed E-state index contributed by atoms with van der Waals surface area (Å²) in [5.74, 6) is -0.793. The van der Waals surface area contributed by atoms with Crippen LogP contribution in [0.2, 0.25) is 0 Å². The van der Waals surface area contributed by atoms with Crippen LogP contribution in [0, 0.1) is 5.92 Å². The fourth-order valence-corrected chi connectivity index (χ4v) is 4.38. The van der Waals surface area contributed by atoms with Crippen LogP contribution in [0.15, 0.2) is 66.9 Å². The molecule has 1 aromatic heterocycles. The molecule has 1 aliphatic rings. The number of amides is 1. The number of hydrogen-bond acceptors (Lipinski definition) is 4. The first-order valence-electron chi connectivity index (χ1n) is 11.4. The first kappa shape index (κ1) is 22.7. The number of rotatable bonds is 8.